The topological polar surface area (TPSA) is 72.8 Å². The lowest BCUT2D eigenvalue weighted by atomic mass is 9.82. The van der Waals surface area contributed by atoms with Crippen molar-refractivity contribution in [3.8, 4) is 6.07 Å². The van der Waals surface area contributed by atoms with Gasteiger partial charge in [0.1, 0.15) is 17.0 Å². The fourth-order valence-electron chi connectivity index (χ4n) is 2.70. The number of fused-ring (bicyclic) bond motifs is 1. The van der Waals surface area contributed by atoms with Crippen molar-refractivity contribution in [1.29, 1.82) is 5.26 Å². The maximum absolute atomic E-state index is 9.32. The molecule has 1 aromatic heterocycles. The summed E-state index contributed by atoms with van der Waals surface area (Å²) in [7, 11) is 5.67. The lowest BCUT2D eigenvalue weighted by molar-refractivity contribution is 0.259. The number of halogens is 1. The molecule has 1 aliphatic rings. The smallest absolute Gasteiger partial charge is 0.149 e. The van der Waals surface area contributed by atoms with Gasteiger partial charge < -0.3 is 16.0 Å². The molecule has 3 N–H and O–H groups in total. The average molecular weight is 280 g/mol. The zero-order chi connectivity index (χ0) is 14.0. The Labute approximate surface area is 118 Å². The standard InChI is InChI=1S/C13H18ClN5/c1-16-12-8-4-5-13(17-2,18-3)6-9(8)10(7-15)11(14)19-12/h17-18H,4-6H2,1-3H3,(H,16,19). The van der Waals surface area contributed by atoms with Gasteiger partial charge in [-0.05, 0) is 38.1 Å². The highest BCUT2D eigenvalue weighted by atomic mass is 35.5. The molecule has 1 aromatic rings. The van der Waals surface area contributed by atoms with Crippen LogP contribution in [-0.2, 0) is 12.8 Å². The maximum atomic E-state index is 9.32. The summed E-state index contributed by atoms with van der Waals surface area (Å²) >= 11 is 6.11. The number of rotatable bonds is 3. The summed E-state index contributed by atoms with van der Waals surface area (Å²) in [5, 5.41) is 19.3. The van der Waals surface area contributed by atoms with Crippen molar-refractivity contribution < 1.29 is 0 Å². The van der Waals surface area contributed by atoms with Gasteiger partial charge in [0, 0.05) is 13.5 Å². The number of nitrogens with zero attached hydrogens (tertiary/aromatic N) is 2. The third-order valence-electron chi connectivity index (χ3n) is 3.95. The van der Waals surface area contributed by atoms with Gasteiger partial charge >= 0.3 is 0 Å². The van der Waals surface area contributed by atoms with Gasteiger partial charge in [0.2, 0.25) is 0 Å². The molecule has 0 fully saturated rings. The van der Waals surface area contributed by atoms with Gasteiger partial charge in [0.25, 0.3) is 0 Å². The number of likely N-dealkylation sites (N-methyl/N-ethyl adjacent to an activating group) is 2. The predicted molar refractivity (Wildman–Crippen MR) is 76.4 cm³/mol. The third-order valence-corrected chi connectivity index (χ3v) is 4.23. The first-order valence-electron chi connectivity index (χ1n) is 6.27. The molecule has 0 bridgehead atoms. The normalized spacial score (nSPS) is 16.6. The van der Waals surface area contributed by atoms with Gasteiger partial charge in [0.05, 0.1) is 11.2 Å². The van der Waals surface area contributed by atoms with Gasteiger partial charge in [-0.3, -0.25) is 0 Å². The molecule has 0 amide bonds. The number of nitrogens with one attached hydrogen (secondary N) is 3. The molecule has 1 aliphatic carbocycles. The van der Waals surface area contributed by atoms with E-state index in [2.05, 4.69) is 27.0 Å². The van der Waals surface area contributed by atoms with E-state index in [0.29, 0.717) is 5.56 Å². The lowest BCUT2D eigenvalue weighted by Gasteiger charge is -2.38. The van der Waals surface area contributed by atoms with E-state index < -0.39 is 0 Å². The largest absolute Gasteiger partial charge is 0.373 e. The monoisotopic (exact) mass is 279 g/mol. The van der Waals surface area contributed by atoms with Gasteiger partial charge in [-0.25, -0.2) is 4.98 Å². The van der Waals surface area contributed by atoms with Gasteiger partial charge in [0.15, 0.2) is 0 Å². The van der Waals surface area contributed by atoms with Crippen LogP contribution in [0.15, 0.2) is 0 Å². The van der Waals surface area contributed by atoms with Crippen LogP contribution in [0.3, 0.4) is 0 Å². The molecular weight excluding hydrogens is 262 g/mol. The van der Waals surface area contributed by atoms with Crippen LogP contribution in [0.25, 0.3) is 0 Å². The van der Waals surface area contributed by atoms with Crippen LogP contribution in [0.1, 0.15) is 23.1 Å². The van der Waals surface area contributed by atoms with Gasteiger partial charge in [-0.2, -0.15) is 5.26 Å². The van der Waals surface area contributed by atoms with E-state index in [-0.39, 0.29) is 10.8 Å². The third kappa shape index (κ3) is 2.27. The van der Waals surface area contributed by atoms with Crippen molar-refractivity contribution in [3.05, 3.63) is 21.8 Å². The predicted octanol–water partition coefficient (Wildman–Crippen LogP) is 1.27. The number of hydrogen-bond donors (Lipinski definition) is 3. The zero-order valence-corrected chi connectivity index (χ0v) is 12.1. The van der Waals surface area contributed by atoms with Crippen molar-refractivity contribution in [2.24, 2.45) is 0 Å². The Morgan fingerprint density at radius 3 is 2.47 bits per heavy atom. The second-order valence-corrected chi connectivity index (χ2v) is 5.06. The number of anilines is 1. The summed E-state index contributed by atoms with van der Waals surface area (Å²) < 4.78 is 0. The highest BCUT2D eigenvalue weighted by molar-refractivity contribution is 6.30. The Morgan fingerprint density at radius 2 is 1.95 bits per heavy atom. The summed E-state index contributed by atoms with van der Waals surface area (Å²) in [5.41, 5.74) is 2.39. The van der Waals surface area contributed by atoms with Crippen LogP contribution in [-0.4, -0.2) is 31.8 Å². The second kappa shape index (κ2) is 5.33. The van der Waals surface area contributed by atoms with E-state index in [1.165, 1.54) is 0 Å². The minimum atomic E-state index is -0.186. The molecule has 19 heavy (non-hydrogen) atoms. The first-order chi connectivity index (χ1) is 9.10. The summed E-state index contributed by atoms with van der Waals surface area (Å²) in [4.78, 5) is 4.27. The van der Waals surface area contributed by atoms with Crippen molar-refractivity contribution in [2.45, 2.75) is 24.9 Å². The van der Waals surface area contributed by atoms with Crippen LogP contribution < -0.4 is 16.0 Å². The number of pyridine rings is 1. The summed E-state index contributed by atoms with van der Waals surface area (Å²) in [6.07, 6.45) is 2.51. The zero-order valence-electron chi connectivity index (χ0n) is 11.4. The molecule has 0 atom stereocenters. The first kappa shape index (κ1) is 14.1. The summed E-state index contributed by atoms with van der Waals surface area (Å²) in [5.74, 6) is 0.778. The van der Waals surface area contributed by atoms with E-state index in [4.69, 9.17) is 11.6 Å². The Kier molecular flexibility index (Phi) is 3.95. The molecule has 6 heteroatoms. The Morgan fingerprint density at radius 1 is 1.26 bits per heavy atom. The average Bonchev–Trinajstić information content (AvgIpc) is 2.45. The fourth-order valence-corrected chi connectivity index (χ4v) is 2.95. The van der Waals surface area contributed by atoms with Gasteiger partial charge in [-0.1, -0.05) is 11.6 Å². The van der Waals surface area contributed by atoms with Crippen LogP contribution in [0, 0.1) is 11.3 Å². The number of nitriles is 1. The fraction of sp³-hybridized carbons (Fsp3) is 0.538. The summed E-state index contributed by atoms with van der Waals surface area (Å²) in [6.45, 7) is 0. The Bertz CT molecular complexity index is 531. The molecule has 0 saturated carbocycles. The minimum Gasteiger partial charge on any atom is -0.373 e. The Balaban J connectivity index is 2.59. The number of aromatic nitrogens is 1. The van der Waals surface area contributed by atoms with Gasteiger partial charge in [-0.15, -0.1) is 0 Å². The van der Waals surface area contributed by atoms with Crippen LogP contribution in [0.2, 0.25) is 5.15 Å². The van der Waals surface area contributed by atoms with Crippen molar-refractivity contribution in [2.75, 3.05) is 26.5 Å². The quantitative estimate of drug-likeness (QED) is 0.574. The van der Waals surface area contributed by atoms with Crippen LogP contribution >= 0.6 is 11.6 Å². The highest BCUT2D eigenvalue weighted by Gasteiger charge is 2.35. The van der Waals surface area contributed by atoms with Crippen LogP contribution in [0.5, 0.6) is 0 Å². The highest BCUT2D eigenvalue weighted by Crippen LogP contribution is 2.35. The second-order valence-electron chi connectivity index (χ2n) is 4.70. The van der Waals surface area contributed by atoms with Crippen molar-refractivity contribution in [3.63, 3.8) is 0 Å². The van der Waals surface area contributed by atoms with Crippen molar-refractivity contribution in [1.82, 2.24) is 15.6 Å². The van der Waals surface area contributed by atoms with E-state index in [1.54, 1.807) is 0 Å². The molecule has 2 rings (SSSR count). The van der Waals surface area contributed by atoms with E-state index in [9.17, 15) is 5.26 Å². The minimum absolute atomic E-state index is 0.186. The first-order valence-corrected chi connectivity index (χ1v) is 6.65. The molecular formula is C13H18ClN5. The molecule has 0 spiro atoms. The molecule has 0 aliphatic heterocycles. The molecule has 5 nitrogen and oxygen atoms in total. The van der Waals surface area contributed by atoms with Crippen LogP contribution in [0.4, 0.5) is 5.82 Å². The lowest BCUT2D eigenvalue weighted by Crippen LogP contribution is -2.57. The molecule has 0 radical (unpaired) electrons. The molecule has 0 aromatic carbocycles. The number of hydrogen-bond acceptors (Lipinski definition) is 5. The molecule has 0 saturated heterocycles. The van der Waals surface area contributed by atoms with E-state index in [0.717, 1.165) is 36.2 Å². The SMILES string of the molecule is CNc1nc(Cl)c(C#N)c2c1CCC(NC)(NC)C2. The molecule has 0 unspecified atom stereocenters. The van der Waals surface area contributed by atoms with Crippen molar-refractivity contribution >= 4 is 17.4 Å². The summed E-state index contributed by atoms with van der Waals surface area (Å²) in [6, 6.07) is 2.18. The maximum Gasteiger partial charge on any atom is 0.149 e. The van der Waals surface area contributed by atoms with E-state index >= 15 is 0 Å². The molecule has 1 heterocycles. The molecule has 102 valence electrons. The Hall–Kier alpha value is -1.35. The van der Waals surface area contributed by atoms with E-state index in [1.807, 2.05) is 21.1 Å².